The predicted octanol–water partition coefficient (Wildman–Crippen LogP) is 1.83. The van der Waals surface area contributed by atoms with Crippen LogP contribution in [0.4, 0.5) is 0 Å². The lowest BCUT2D eigenvalue weighted by atomic mass is 9.96. The highest BCUT2D eigenvalue weighted by molar-refractivity contribution is 6.30. The van der Waals surface area contributed by atoms with E-state index in [0.29, 0.717) is 41.7 Å². The maximum absolute atomic E-state index is 13.0. The first-order chi connectivity index (χ1) is 17.9. The molecule has 37 heavy (non-hydrogen) atoms. The average Bonchev–Trinajstić information content (AvgIpc) is 2.87. The van der Waals surface area contributed by atoms with Crippen molar-refractivity contribution in [3.63, 3.8) is 0 Å². The third-order valence-electron chi connectivity index (χ3n) is 7.38. The van der Waals surface area contributed by atoms with E-state index in [4.69, 9.17) is 16.3 Å². The Kier molecular flexibility index (Phi) is 7.65. The number of allylic oxidation sites excluding steroid dienone is 1. The molecule has 1 N–H and O–H groups in total. The fraction of sp³-hybridized carbons (Fsp3) is 0.379. The minimum absolute atomic E-state index is 0.0337. The SMILES string of the molecule is C=C1C=c2ccc(C(=O)NCCN3CCOCC3)c(C)c2=CN1CC1CN(C(=O)c2ccc(Cl)cc2)C1. The minimum atomic E-state index is -0.0479. The molecule has 0 aromatic heterocycles. The van der Waals surface area contributed by atoms with Crippen LogP contribution in [-0.2, 0) is 4.74 Å². The van der Waals surface area contributed by atoms with Gasteiger partial charge in [0.05, 0.1) is 13.2 Å². The third kappa shape index (κ3) is 5.74. The molecule has 0 spiro atoms. The molecule has 8 heteroatoms. The summed E-state index contributed by atoms with van der Waals surface area (Å²) in [6, 6.07) is 10.9. The second kappa shape index (κ2) is 11.1. The van der Waals surface area contributed by atoms with E-state index < -0.39 is 0 Å². The summed E-state index contributed by atoms with van der Waals surface area (Å²) in [5.41, 5.74) is 3.23. The van der Waals surface area contributed by atoms with Crippen LogP contribution in [0.15, 0.2) is 48.7 Å². The molecule has 2 aromatic rings. The average molecular weight is 521 g/mol. The van der Waals surface area contributed by atoms with Gasteiger partial charge in [-0.05, 0) is 54.1 Å². The van der Waals surface area contributed by atoms with Gasteiger partial charge in [-0.1, -0.05) is 24.2 Å². The Morgan fingerprint density at radius 1 is 1.11 bits per heavy atom. The van der Waals surface area contributed by atoms with Crippen LogP contribution < -0.4 is 15.8 Å². The molecule has 3 heterocycles. The lowest BCUT2D eigenvalue weighted by Crippen LogP contribution is -2.53. The molecule has 3 aliphatic rings. The van der Waals surface area contributed by atoms with E-state index in [1.54, 1.807) is 24.3 Å². The molecule has 194 valence electrons. The van der Waals surface area contributed by atoms with E-state index in [0.717, 1.165) is 61.1 Å². The highest BCUT2D eigenvalue weighted by Gasteiger charge is 2.32. The van der Waals surface area contributed by atoms with Crippen molar-refractivity contribution in [2.45, 2.75) is 6.92 Å². The van der Waals surface area contributed by atoms with Gasteiger partial charge >= 0.3 is 0 Å². The summed E-state index contributed by atoms with van der Waals surface area (Å²) in [5, 5.41) is 5.81. The number of halogens is 1. The molecule has 2 fully saturated rings. The van der Waals surface area contributed by atoms with Crippen LogP contribution >= 0.6 is 11.6 Å². The molecule has 5 rings (SSSR count). The molecule has 0 bridgehead atoms. The highest BCUT2D eigenvalue weighted by Crippen LogP contribution is 2.23. The number of nitrogens with one attached hydrogen (secondary N) is 1. The minimum Gasteiger partial charge on any atom is -0.379 e. The standard InChI is InChI=1S/C29H33ClN4O3/c1-20-15-24-5-8-26(28(35)31-9-10-32-11-13-37-14-12-32)21(2)27(24)19-33(20)16-22-17-34(18-22)29(36)23-3-6-25(30)7-4-23/h3-8,15,19,22H,1,9-14,16-18H2,2H3,(H,31,35). The quantitative estimate of drug-likeness (QED) is 0.603. The Bertz CT molecular complexity index is 1310. The van der Waals surface area contributed by atoms with Gasteiger partial charge in [-0.15, -0.1) is 0 Å². The molecule has 0 radical (unpaired) electrons. The second-order valence-corrected chi connectivity index (χ2v) is 10.4. The van der Waals surface area contributed by atoms with Gasteiger partial charge in [0, 0.05) is 85.0 Å². The van der Waals surface area contributed by atoms with Crippen molar-refractivity contribution in [1.29, 1.82) is 0 Å². The molecule has 0 unspecified atom stereocenters. The van der Waals surface area contributed by atoms with Crippen molar-refractivity contribution < 1.29 is 14.3 Å². The molecule has 3 aliphatic heterocycles. The van der Waals surface area contributed by atoms with E-state index in [2.05, 4.69) is 34.0 Å². The molecule has 2 aromatic carbocycles. The summed E-state index contributed by atoms with van der Waals surface area (Å²) in [5.74, 6) is 0.339. The predicted molar refractivity (Wildman–Crippen MR) is 146 cm³/mol. The van der Waals surface area contributed by atoms with Crippen molar-refractivity contribution in [2.24, 2.45) is 5.92 Å². The number of nitrogens with zero attached hydrogens (tertiary/aromatic N) is 3. The van der Waals surface area contributed by atoms with Crippen LogP contribution in [0.1, 0.15) is 26.3 Å². The number of ether oxygens (including phenoxy) is 1. The molecular weight excluding hydrogens is 488 g/mol. The zero-order valence-corrected chi connectivity index (χ0v) is 22.0. The normalized spacial score (nSPS) is 17.9. The lowest BCUT2D eigenvalue weighted by Gasteiger charge is -2.42. The topological polar surface area (TPSA) is 65.1 Å². The maximum Gasteiger partial charge on any atom is 0.253 e. The molecule has 0 atom stereocenters. The monoisotopic (exact) mass is 520 g/mol. The van der Waals surface area contributed by atoms with Gasteiger partial charge in [0.15, 0.2) is 0 Å². The number of hydrogen-bond acceptors (Lipinski definition) is 5. The van der Waals surface area contributed by atoms with Gasteiger partial charge in [-0.25, -0.2) is 0 Å². The van der Waals surface area contributed by atoms with Crippen molar-refractivity contribution in [3.05, 3.63) is 80.8 Å². The fourth-order valence-corrected chi connectivity index (χ4v) is 5.24. The number of carbonyl (C=O) groups is 2. The fourth-order valence-electron chi connectivity index (χ4n) is 5.12. The third-order valence-corrected chi connectivity index (χ3v) is 7.63. The molecular formula is C29H33ClN4O3. The van der Waals surface area contributed by atoms with Crippen molar-refractivity contribution in [3.8, 4) is 0 Å². The maximum atomic E-state index is 13.0. The summed E-state index contributed by atoms with van der Waals surface area (Å²) >= 11 is 5.94. The molecule has 0 saturated carbocycles. The van der Waals surface area contributed by atoms with Crippen LogP contribution in [0.3, 0.4) is 0 Å². The summed E-state index contributed by atoms with van der Waals surface area (Å²) in [6.45, 7) is 13.2. The van der Waals surface area contributed by atoms with E-state index in [1.165, 1.54) is 0 Å². The largest absolute Gasteiger partial charge is 0.379 e. The zero-order valence-electron chi connectivity index (χ0n) is 21.2. The summed E-state index contributed by atoms with van der Waals surface area (Å²) in [4.78, 5) is 32.0. The van der Waals surface area contributed by atoms with E-state index >= 15 is 0 Å². The number of morpholine rings is 1. The van der Waals surface area contributed by atoms with Gasteiger partial charge in [-0.3, -0.25) is 14.5 Å². The van der Waals surface area contributed by atoms with Gasteiger partial charge in [-0.2, -0.15) is 0 Å². The molecule has 0 aliphatic carbocycles. The number of likely N-dealkylation sites (tertiary alicyclic amines) is 1. The van der Waals surface area contributed by atoms with E-state index in [9.17, 15) is 9.59 Å². The second-order valence-electron chi connectivity index (χ2n) is 9.95. The molecule has 7 nitrogen and oxygen atoms in total. The first-order valence-electron chi connectivity index (χ1n) is 12.8. The number of rotatable bonds is 7. The highest BCUT2D eigenvalue weighted by atomic mass is 35.5. The molecule has 2 saturated heterocycles. The molecule has 2 amide bonds. The smallest absolute Gasteiger partial charge is 0.253 e. The number of amides is 2. The Labute approximate surface area is 222 Å². The number of fused-ring (bicyclic) bond motifs is 1. The Hall–Kier alpha value is -3.13. The Morgan fingerprint density at radius 2 is 1.84 bits per heavy atom. The van der Waals surface area contributed by atoms with Crippen LogP contribution in [0.5, 0.6) is 0 Å². The first kappa shape index (κ1) is 25.5. The van der Waals surface area contributed by atoms with Gasteiger partial charge in [0.2, 0.25) is 0 Å². The number of benzene rings is 2. The van der Waals surface area contributed by atoms with Crippen LogP contribution in [0.25, 0.3) is 12.3 Å². The van der Waals surface area contributed by atoms with Gasteiger partial charge < -0.3 is 19.9 Å². The van der Waals surface area contributed by atoms with E-state index in [1.807, 2.05) is 24.0 Å². The van der Waals surface area contributed by atoms with E-state index in [-0.39, 0.29) is 11.8 Å². The summed E-state index contributed by atoms with van der Waals surface area (Å²) < 4.78 is 5.39. The van der Waals surface area contributed by atoms with Crippen molar-refractivity contribution >= 4 is 35.7 Å². The Balaban J connectivity index is 1.21. The summed E-state index contributed by atoms with van der Waals surface area (Å²) in [7, 11) is 0. The zero-order chi connectivity index (χ0) is 25.9. The first-order valence-corrected chi connectivity index (χ1v) is 13.2. The van der Waals surface area contributed by atoms with Crippen molar-refractivity contribution in [2.75, 3.05) is 59.0 Å². The number of carbonyl (C=O) groups excluding carboxylic acids is 2. The Morgan fingerprint density at radius 3 is 2.57 bits per heavy atom. The van der Waals surface area contributed by atoms with Gasteiger partial charge in [0.25, 0.3) is 11.8 Å². The van der Waals surface area contributed by atoms with Crippen LogP contribution in [0.2, 0.25) is 5.02 Å². The lowest BCUT2D eigenvalue weighted by molar-refractivity contribution is 0.0383. The number of hydrogen-bond donors (Lipinski definition) is 1. The van der Waals surface area contributed by atoms with Crippen LogP contribution in [-0.4, -0.2) is 85.5 Å². The van der Waals surface area contributed by atoms with Gasteiger partial charge in [0.1, 0.15) is 0 Å². The van der Waals surface area contributed by atoms with Crippen molar-refractivity contribution in [1.82, 2.24) is 20.0 Å². The summed E-state index contributed by atoms with van der Waals surface area (Å²) in [6.07, 6.45) is 4.17. The van der Waals surface area contributed by atoms with Crippen LogP contribution in [0, 0.1) is 12.8 Å².